The van der Waals surface area contributed by atoms with Gasteiger partial charge in [0.05, 0.1) is 11.4 Å². The van der Waals surface area contributed by atoms with Gasteiger partial charge in [0.2, 0.25) is 0 Å². The normalized spacial score (nSPS) is 12.7. The fourth-order valence-electron chi connectivity index (χ4n) is 6.12. The molecule has 0 aromatic heterocycles. The van der Waals surface area contributed by atoms with Crippen LogP contribution in [0.3, 0.4) is 0 Å². The lowest BCUT2D eigenvalue weighted by atomic mass is 10.0. The molecule has 2 nitrogen and oxygen atoms in total. The number of anilines is 4. The fourth-order valence-corrected chi connectivity index (χ4v) is 6.12. The van der Waals surface area contributed by atoms with Gasteiger partial charge >= 0.3 is 0 Å². The van der Waals surface area contributed by atoms with Crippen molar-refractivity contribution in [1.29, 1.82) is 0 Å². The van der Waals surface area contributed by atoms with Crippen LogP contribution in [-0.2, 0) is 0 Å². The molecule has 0 unspecified atom stereocenters. The van der Waals surface area contributed by atoms with E-state index < -0.39 is 0 Å². The number of hydrogen-bond donors (Lipinski definition) is 0. The van der Waals surface area contributed by atoms with Crippen LogP contribution < -0.4 is 20.2 Å². The van der Waals surface area contributed by atoms with E-state index in [4.69, 9.17) is 0 Å². The molecule has 5 rings (SSSR count). The first-order valence-corrected chi connectivity index (χ1v) is 17.0. The monoisotopic (exact) mass is 638 g/mol. The summed E-state index contributed by atoms with van der Waals surface area (Å²) in [4.78, 5) is 4.62. The van der Waals surface area contributed by atoms with Crippen LogP contribution in [-0.4, -0.2) is 0 Å². The molecule has 2 heteroatoms. The highest BCUT2D eigenvalue weighted by molar-refractivity contribution is 5.85. The number of para-hydroxylation sites is 1. The zero-order chi connectivity index (χ0) is 34.6. The first-order valence-electron chi connectivity index (χ1n) is 17.0. The van der Waals surface area contributed by atoms with Gasteiger partial charge in [0.25, 0.3) is 0 Å². The van der Waals surface area contributed by atoms with Crippen molar-refractivity contribution in [3.63, 3.8) is 0 Å². The number of benzene rings is 5. The van der Waals surface area contributed by atoms with E-state index in [2.05, 4.69) is 202 Å². The van der Waals surface area contributed by atoms with E-state index in [1.165, 1.54) is 16.3 Å². The molecule has 0 aliphatic heterocycles. The van der Waals surface area contributed by atoms with Gasteiger partial charge in [-0.15, -0.1) is 0 Å². The average Bonchev–Trinajstić information content (AvgIpc) is 3.15. The molecule has 0 aliphatic rings. The number of nitrogens with zero attached hydrogens (tertiary/aromatic N) is 2. The van der Waals surface area contributed by atoms with Crippen molar-refractivity contribution in [2.24, 2.45) is 0 Å². The lowest BCUT2D eigenvalue weighted by molar-refractivity contribution is 1.17. The van der Waals surface area contributed by atoms with Crippen molar-refractivity contribution in [2.75, 3.05) is 9.80 Å². The molecule has 244 valence electrons. The van der Waals surface area contributed by atoms with Gasteiger partial charge in [-0.05, 0) is 104 Å². The molecular formula is C47H46N2. The highest BCUT2D eigenvalue weighted by atomic mass is 15.2. The first kappa shape index (κ1) is 34.5. The van der Waals surface area contributed by atoms with E-state index in [1.54, 1.807) is 0 Å². The average molecular weight is 639 g/mol. The summed E-state index contributed by atoms with van der Waals surface area (Å²) in [5, 5.41) is 2.32. The zero-order valence-corrected chi connectivity index (χ0v) is 29.2. The number of hydrogen-bond acceptors (Lipinski definition) is 2. The Bertz CT molecular complexity index is 2090. The lowest BCUT2D eigenvalue weighted by Crippen LogP contribution is -2.33. The Morgan fingerprint density at radius 3 is 1.94 bits per heavy atom. The van der Waals surface area contributed by atoms with Crippen LogP contribution >= 0.6 is 0 Å². The van der Waals surface area contributed by atoms with Crippen LogP contribution in [0.4, 0.5) is 22.7 Å². The van der Waals surface area contributed by atoms with E-state index >= 15 is 0 Å². The molecule has 0 N–H and O–H groups in total. The molecule has 0 saturated heterocycles. The lowest BCUT2D eigenvalue weighted by Gasteiger charge is -2.28. The maximum absolute atomic E-state index is 4.26. The van der Waals surface area contributed by atoms with Gasteiger partial charge in [0.15, 0.2) is 0 Å². The third-order valence-corrected chi connectivity index (χ3v) is 8.60. The van der Waals surface area contributed by atoms with Gasteiger partial charge in [-0.2, -0.15) is 0 Å². The van der Waals surface area contributed by atoms with E-state index in [0.717, 1.165) is 56.9 Å². The van der Waals surface area contributed by atoms with Crippen LogP contribution in [0, 0.1) is 6.92 Å². The van der Waals surface area contributed by atoms with Crippen molar-refractivity contribution in [2.45, 2.75) is 34.1 Å². The second-order valence-corrected chi connectivity index (χ2v) is 11.7. The fraction of sp³-hybridized carbons (Fsp3) is 0.106. The van der Waals surface area contributed by atoms with E-state index in [9.17, 15) is 0 Å². The Labute approximate surface area is 293 Å². The summed E-state index contributed by atoms with van der Waals surface area (Å²) in [5.74, 6) is 0. The standard InChI is InChI=1S/C47H46N2/c1-7-12-22-40(10-4)48(46(11-5)45-26-18-17-21-37(45)9-3)42-32-28-38(29-33-42)39-30-34-43(35-31-39)49(41-23-15-14-16-24-41)47-27-19-20-36(6)44(47)25-13-8-2/h8-35H,2,5,7H2,1,3-4,6H3/b22-12-,25-13-,37-9-,40-10+,46-45+. The van der Waals surface area contributed by atoms with Crippen molar-refractivity contribution in [3.8, 4) is 11.1 Å². The van der Waals surface area contributed by atoms with Crippen molar-refractivity contribution >= 4 is 40.6 Å². The van der Waals surface area contributed by atoms with E-state index in [0.29, 0.717) is 0 Å². The minimum absolute atomic E-state index is 0.960. The highest BCUT2D eigenvalue weighted by Gasteiger charge is 2.17. The molecule has 0 aliphatic carbocycles. The van der Waals surface area contributed by atoms with Crippen molar-refractivity contribution in [1.82, 2.24) is 0 Å². The van der Waals surface area contributed by atoms with Gasteiger partial charge in [-0.3, -0.25) is 0 Å². The molecule has 0 bridgehead atoms. The molecule has 0 spiro atoms. The predicted octanol–water partition coefficient (Wildman–Crippen LogP) is 11.8. The van der Waals surface area contributed by atoms with Gasteiger partial charge < -0.3 is 9.80 Å². The maximum atomic E-state index is 4.26. The third-order valence-electron chi connectivity index (χ3n) is 8.60. The maximum Gasteiger partial charge on any atom is 0.0536 e. The van der Waals surface area contributed by atoms with Crippen LogP contribution in [0.15, 0.2) is 177 Å². The summed E-state index contributed by atoms with van der Waals surface area (Å²) in [6, 6.07) is 43.1. The Kier molecular flexibility index (Phi) is 11.8. The first-order chi connectivity index (χ1) is 24.0. The molecule has 0 atom stereocenters. The minimum Gasteiger partial charge on any atom is -0.310 e. The second kappa shape index (κ2) is 16.8. The summed E-state index contributed by atoms with van der Waals surface area (Å²) in [6.45, 7) is 16.6. The topological polar surface area (TPSA) is 6.48 Å². The molecule has 0 radical (unpaired) electrons. The molecule has 0 amide bonds. The zero-order valence-electron chi connectivity index (χ0n) is 29.2. The summed E-state index contributed by atoms with van der Waals surface area (Å²) >= 11 is 0. The molecule has 0 fully saturated rings. The van der Waals surface area contributed by atoms with Gasteiger partial charge in [-0.25, -0.2) is 0 Å². The Morgan fingerprint density at radius 2 is 1.33 bits per heavy atom. The molecule has 0 heterocycles. The van der Waals surface area contributed by atoms with Gasteiger partial charge in [0.1, 0.15) is 0 Å². The van der Waals surface area contributed by atoms with Crippen molar-refractivity contribution < 1.29 is 0 Å². The van der Waals surface area contributed by atoms with Gasteiger partial charge in [-0.1, -0.05) is 135 Å². The smallest absolute Gasteiger partial charge is 0.0536 e. The second-order valence-electron chi connectivity index (χ2n) is 11.7. The largest absolute Gasteiger partial charge is 0.310 e. The Morgan fingerprint density at radius 1 is 0.694 bits per heavy atom. The molecule has 5 aromatic rings. The molecule has 49 heavy (non-hydrogen) atoms. The van der Waals surface area contributed by atoms with E-state index in [1.807, 2.05) is 18.2 Å². The SMILES string of the molecule is C=C/C=C\c1c(C)cccc1N(c1ccccc1)c1ccc(-c2ccc(N(C(/C=C\CC)=C/C)/C(C=C)=c3\cccc\c3=C\C)cc2)cc1. The van der Waals surface area contributed by atoms with E-state index in [-0.39, 0.29) is 0 Å². The van der Waals surface area contributed by atoms with Crippen LogP contribution in [0.5, 0.6) is 0 Å². The van der Waals surface area contributed by atoms with Crippen molar-refractivity contribution in [3.05, 3.63) is 198 Å². The molecular weight excluding hydrogens is 593 g/mol. The number of aryl methyl sites for hydroxylation is 1. The van der Waals surface area contributed by atoms with Crippen LogP contribution in [0.2, 0.25) is 0 Å². The molecule has 5 aromatic carbocycles. The number of allylic oxidation sites excluding steroid dienone is 5. The summed E-state index contributed by atoms with van der Waals surface area (Å²) in [7, 11) is 0. The van der Waals surface area contributed by atoms with Crippen LogP contribution in [0.25, 0.3) is 29.0 Å². The Balaban J connectivity index is 1.57. The van der Waals surface area contributed by atoms with Crippen LogP contribution in [0.1, 0.15) is 38.3 Å². The quantitative estimate of drug-likeness (QED) is 0.125. The minimum atomic E-state index is 0.960. The highest BCUT2D eigenvalue weighted by Crippen LogP contribution is 2.39. The summed E-state index contributed by atoms with van der Waals surface area (Å²) in [5.41, 5.74) is 11.2. The third kappa shape index (κ3) is 7.83. The Hall–Kier alpha value is -5.86. The van der Waals surface area contributed by atoms with Gasteiger partial charge in [0, 0.05) is 33.5 Å². The molecule has 0 saturated carbocycles. The number of rotatable bonds is 12. The predicted molar refractivity (Wildman–Crippen MR) is 216 cm³/mol. The summed E-state index contributed by atoms with van der Waals surface area (Å²) in [6.07, 6.45) is 17.6. The summed E-state index contributed by atoms with van der Waals surface area (Å²) < 4.78 is 0.